The van der Waals surface area contributed by atoms with Crippen LogP contribution in [0, 0.1) is 0 Å². The lowest BCUT2D eigenvalue weighted by atomic mass is 10.1. The SMILES string of the molecule is CCCOc1ccc(NC(=O)C[C@H]2C(=O)N(c3cccc(Cl)c3)C(=S)N2CC(=O)OC)cc1. The van der Waals surface area contributed by atoms with Gasteiger partial charge in [-0.25, -0.2) is 0 Å². The molecule has 3 rings (SSSR count). The van der Waals surface area contributed by atoms with Crippen molar-refractivity contribution in [1.82, 2.24) is 4.90 Å². The highest BCUT2D eigenvalue weighted by Crippen LogP contribution is 2.29. The topological polar surface area (TPSA) is 88.2 Å². The van der Waals surface area contributed by atoms with Gasteiger partial charge < -0.3 is 19.7 Å². The maximum absolute atomic E-state index is 13.2. The Balaban J connectivity index is 1.76. The first kappa shape index (κ1) is 24.5. The molecule has 0 aromatic heterocycles. The van der Waals surface area contributed by atoms with Crippen molar-refractivity contribution in [2.45, 2.75) is 25.8 Å². The van der Waals surface area contributed by atoms with E-state index < -0.39 is 23.8 Å². The number of thiocarbonyl (C=S) groups is 1. The Kier molecular flexibility index (Phi) is 8.24. The number of anilines is 2. The van der Waals surface area contributed by atoms with Gasteiger partial charge in [-0.2, -0.15) is 0 Å². The van der Waals surface area contributed by atoms with Crippen molar-refractivity contribution < 1.29 is 23.9 Å². The molecule has 2 aromatic carbocycles. The molecule has 1 atom stereocenters. The molecule has 1 fully saturated rings. The number of methoxy groups -OCH3 is 1. The number of halogens is 1. The van der Waals surface area contributed by atoms with Gasteiger partial charge in [0.05, 0.1) is 25.8 Å². The second kappa shape index (κ2) is 11.1. The lowest BCUT2D eigenvalue weighted by Crippen LogP contribution is -2.41. The van der Waals surface area contributed by atoms with E-state index in [4.69, 9.17) is 33.3 Å². The summed E-state index contributed by atoms with van der Waals surface area (Å²) in [4.78, 5) is 40.6. The summed E-state index contributed by atoms with van der Waals surface area (Å²) in [5.41, 5.74) is 1.01. The molecule has 1 saturated heterocycles. The van der Waals surface area contributed by atoms with Gasteiger partial charge in [-0.1, -0.05) is 24.6 Å². The van der Waals surface area contributed by atoms with E-state index >= 15 is 0 Å². The number of hydrogen-bond acceptors (Lipinski definition) is 6. The fourth-order valence-electron chi connectivity index (χ4n) is 3.31. The van der Waals surface area contributed by atoms with Crippen molar-refractivity contribution >= 4 is 58.1 Å². The van der Waals surface area contributed by atoms with E-state index in [-0.39, 0.29) is 18.1 Å². The lowest BCUT2D eigenvalue weighted by Gasteiger charge is -2.22. The zero-order valence-corrected chi connectivity index (χ0v) is 19.8. The van der Waals surface area contributed by atoms with Crippen molar-refractivity contribution in [3.8, 4) is 5.75 Å². The molecular weight excluding hydrogens is 466 g/mol. The minimum atomic E-state index is -0.970. The quantitative estimate of drug-likeness (QED) is 0.425. The monoisotopic (exact) mass is 489 g/mol. The summed E-state index contributed by atoms with van der Waals surface area (Å²) in [6.45, 7) is 2.36. The van der Waals surface area contributed by atoms with Crippen molar-refractivity contribution in [2.75, 3.05) is 30.5 Å². The molecule has 2 aromatic rings. The van der Waals surface area contributed by atoms with Crippen LogP contribution < -0.4 is 15.0 Å². The summed E-state index contributed by atoms with van der Waals surface area (Å²) in [6.07, 6.45) is 0.686. The predicted octanol–water partition coefficient (Wildman–Crippen LogP) is 3.63. The minimum absolute atomic E-state index is 0.0999. The van der Waals surface area contributed by atoms with Gasteiger partial charge in [0.1, 0.15) is 18.3 Å². The van der Waals surface area contributed by atoms with E-state index in [1.807, 2.05) is 6.92 Å². The Hall–Kier alpha value is -3.17. The van der Waals surface area contributed by atoms with Crippen molar-refractivity contribution in [3.05, 3.63) is 53.6 Å². The maximum Gasteiger partial charge on any atom is 0.325 e. The molecule has 0 aliphatic carbocycles. The minimum Gasteiger partial charge on any atom is -0.494 e. The molecule has 0 unspecified atom stereocenters. The van der Waals surface area contributed by atoms with Crippen LogP contribution >= 0.6 is 23.8 Å². The number of nitrogens with one attached hydrogen (secondary N) is 1. The molecule has 0 spiro atoms. The average molecular weight is 490 g/mol. The molecule has 0 bridgehead atoms. The number of carbonyl (C=O) groups is 3. The average Bonchev–Trinajstić information content (AvgIpc) is 3.02. The van der Waals surface area contributed by atoms with Gasteiger partial charge in [-0.05, 0) is 61.1 Å². The van der Waals surface area contributed by atoms with Crippen LogP contribution in [0.2, 0.25) is 5.02 Å². The Morgan fingerprint density at radius 2 is 1.91 bits per heavy atom. The Bertz CT molecular complexity index is 1050. The predicted molar refractivity (Wildman–Crippen MR) is 130 cm³/mol. The van der Waals surface area contributed by atoms with Crippen LogP contribution in [0.4, 0.5) is 11.4 Å². The van der Waals surface area contributed by atoms with Crippen LogP contribution in [0.15, 0.2) is 48.5 Å². The van der Waals surface area contributed by atoms with Crippen LogP contribution in [0.3, 0.4) is 0 Å². The van der Waals surface area contributed by atoms with E-state index in [1.165, 1.54) is 16.9 Å². The van der Waals surface area contributed by atoms with Gasteiger partial charge in [0.15, 0.2) is 5.11 Å². The summed E-state index contributed by atoms with van der Waals surface area (Å²) in [6, 6.07) is 12.6. The first-order chi connectivity index (χ1) is 15.8. The van der Waals surface area contributed by atoms with Gasteiger partial charge >= 0.3 is 5.97 Å². The molecule has 1 aliphatic heterocycles. The van der Waals surface area contributed by atoms with Crippen molar-refractivity contribution in [1.29, 1.82) is 0 Å². The number of benzene rings is 2. The Morgan fingerprint density at radius 1 is 1.18 bits per heavy atom. The number of carbonyl (C=O) groups excluding carboxylic acids is 3. The molecule has 0 saturated carbocycles. The van der Waals surface area contributed by atoms with E-state index in [0.29, 0.717) is 28.8 Å². The zero-order valence-electron chi connectivity index (χ0n) is 18.2. The van der Waals surface area contributed by atoms with E-state index in [0.717, 1.165) is 6.42 Å². The molecule has 1 N–H and O–H groups in total. The van der Waals surface area contributed by atoms with Gasteiger partial charge in [-0.15, -0.1) is 0 Å². The Labute approximate surface area is 202 Å². The molecule has 174 valence electrons. The molecular formula is C23H24ClN3O5S. The van der Waals surface area contributed by atoms with Crippen LogP contribution in [0.1, 0.15) is 19.8 Å². The normalized spacial score (nSPS) is 15.5. The molecule has 8 nitrogen and oxygen atoms in total. The van der Waals surface area contributed by atoms with Gasteiger partial charge in [0.2, 0.25) is 5.91 Å². The number of nitrogens with zero attached hydrogens (tertiary/aromatic N) is 2. The number of amides is 2. The van der Waals surface area contributed by atoms with E-state index in [2.05, 4.69) is 5.32 Å². The second-order valence-corrected chi connectivity index (χ2v) is 8.08. The zero-order chi connectivity index (χ0) is 24.0. The molecule has 1 aliphatic rings. The third-order valence-electron chi connectivity index (χ3n) is 4.90. The number of esters is 1. The van der Waals surface area contributed by atoms with Crippen LogP contribution in [-0.2, 0) is 19.1 Å². The van der Waals surface area contributed by atoms with Crippen molar-refractivity contribution in [3.63, 3.8) is 0 Å². The fraction of sp³-hybridized carbons (Fsp3) is 0.304. The molecule has 1 heterocycles. The standard InChI is InChI=1S/C23H24ClN3O5S/c1-3-11-32-18-9-7-16(8-10-18)25-20(28)13-19-22(30)27(17-6-4-5-15(24)12-17)23(33)26(19)14-21(29)31-2/h4-10,12,19H,3,11,13-14H2,1-2H3,(H,25,28)/t19-/m0/s1. The maximum atomic E-state index is 13.2. The van der Waals surface area contributed by atoms with Gasteiger partial charge in [0, 0.05) is 10.7 Å². The number of hydrogen-bond donors (Lipinski definition) is 1. The molecule has 10 heteroatoms. The Morgan fingerprint density at radius 3 is 2.55 bits per heavy atom. The molecule has 2 amide bonds. The van der Waals surface area contributed by atoms with E-state index in [9.17, 15) is 14.4 Å². The largest absolute Gasteiger partial charge is 0.494 e. The number of rotatable bonds is 9. The molecule has 0 radical (unpaired) electrons. The van der Waals surface area contributed by atoms with Crippen LogP contribution in [0.25, 0.3) is 0 Å². The van der Waals surface area contributed by atoms with Gasteiger partial charge in [-0.3, -0.25) is 19.3 Å². The van der Waals surface area contributed by atoms with Crippen LogP contribution in [-0.4, -0.2) is 54.1 Å². The fourth-order valence-corrected chi connectivity index (χ4v) is 3.88. The van der Waals surface area contributed by atoms with Crippen LogP contribution in [0.5, 0.6) is 5.75 Å². The summed E-state index contributed by atoms with van der Waals surface area (Å²) in [5.74, 6) is -0.704. The molecule has 33 heavy (non-hydrogen) atoms. The first-order valence-electron chi connectivity index (χ1n) is 10.3. The second-order valence-electron chi connectivity index (χ2n) is 7.28. The highest BCUT2D eigenvalue weighted by atomic mass is 35.5. The third-order valence-corrected chi connectivity index (χ3v) is 5.55. The smallest absolute Gasteiger partial charge is 0.325 e. The number of ether oxygens (including phenoxy) is 2. The summed E-state index contributed by atoms with van der Waals surface area (Å²) >= 11 is 11.5. The van der Waals surface area contributed by atoms with Crippen molar-refractivity contribution in [2.24, 2.45) is 0 Å². The highest BCUT2D eigenvalue weighted by Gasteiger charge is 2.45. The summed E-state index contributed by atoms with van der Waals surface area (Å²) < 4.78 is 10.3. The highest BCUT2D eigenvalue weighted by molar-refractivity contribution is 7.80. The summed E-state index contributed by atoms with van der Waals surface area (Å²) in [5, 5.41) is 3.29. The van der Waals surface area contributed by atoms with Gasteiger partial charge in [0.25, 0.3) is 5.91 Å². The third kappa shape index (κ3) is 6.00. The first-order valence-corrected chi connectivity index (χ1v) is 11.1. The summed E-state index contributed by atoms with van der Waals surface area (Å²) in [7, 11) is 1.24. The van der Waals surface area contributed by atoms with E-state index in [1.54, 1.807) is 48.5 Å². The lowest BCUT2D eigenvalue weighted by molar-refractivity contribution is -0.141.